The zero-order valence-corrected chi connectivity index (χ0v) is 21.2. The number of halogens is 1. The van der Waals surface area contributed by atoms with Crippen molar-refractivity contribution in [2.45, 2.75) is 11.3 Å². The number of thioether (sulfide) groups is 1. The highest BCUT2D eigenvalue weighted by Crippen LogP contribution is 2.32. The van der Waals surface area contributed by atoms with Crippen LogP contribution >= 0.6 is 39.0 Å². The fourth-order valence-corrected chi connectivity index (χ4v) is 5.84. The van der Waals surface area contributed by atoms with Gasteiger partial charge in [-0.2, -0.15) is 0 Å². The molecule has 0 unspecified atom stereocenters. The molecule has 1 saturated heterocycles. The van der Waals surface area contributed by atoms with Gasteiger partial charge in [0.25, 0.3) is 0 Å². The Bertz CT molecular complexity index is 1040. The lowest BCUT2D eigenvalue weighted by atomic mass is 10.3. The second-order valence-electron chi connectivity index (χ2n) is 7.43. The second-order valence-corrected chi connectivity index (χ2v) is 10.4. The molecule has 2 heterocycles. The van der Waals surface area contributed by atoms with E-state index in [0.29, 0.717) is 12.3 Å². The van der Waals surface area contributed by atoms with Crippen LogP contribution in [0.1, 0.15) is 6.42 Å². The van der Waals surface area contributed by atoms with Crippen LogP contribution in [0.4, 0.5) is 5.13 Å². The van der Waals surface area contributed by atoms with Gasteiger partial charge in [-0.05, 0) is 48.9 Å². The molecule has 0 bridgehead atoms. The van der Waals surface area contributed by atoms with E-state index in [4.69, 9.17) is 14.5 Å². The summed E-state index contributed by atoms with van der Waals surface area (Å²) in [6.45, 7) is 5.09. The monoisotopic (exact) mass is 535 g/mol. The van der Waals surface area contributed by atoms with Gasteiger partial charge >= 0.3 is 0 Å². The normalized spacial score (nSPS) is 14.6. The Labute approximate surface area is 205 Å². The van der Waals surface area contributed by atoms with E-state index in [9.17, 15) is 4.79 Å². The highest BCUT2D eigenvalue weighted by molar-refractivity contribution is 9.10. The molecular formula is C23H26BrN3O3S2. The minimum Gasteiger partial charge on any atom is -0.497 e. The number of thiazole rings is 1. The molecular weight excluding hydrogens is 510 g/mol. The van der Waals surface area contributed by atoms with Crippen molar-refractivity contribution in [2.75, 3.05) is 57.2 Å². The first kappa shape index (κ1) is 23.5. The van der Waals surface area contributed by atoms with Crippen LogP contribution in [0.25, 0.3) is 10.2 Å². The van der Waals surface area contributed by atoms with Crippen LogP contribution in [0.2, 0.25) is 0 Å². The maximum absolute atomic E-state index is 13.3. The van der Waals surface area contributed by atoms with Gasteiger partial charge in [0.05, 0.1) is 36.3 Å². The standard InChI is InChI=1S/C23H26BrN3O3S2/c1-29-18-4-6-19(7-5-18)31-16-22(28)27(10-2-9-26-11-13-30-14-12-26)23-25-20-8-3-17(24)15-21(20)32-23/h3-8,15H,2,9-14,16H2,1H3. The van der Waals surface area contributed by atoms with E-state index in [0.717, 1.165) is 69.7 Å². The topological polar surface area (TPSA) is 54.9 Å². The smallest absolute Gasteiger partial charge is 0.239 e. The highest BCUT2D eigenvalue weighted by atomic mass is 79.9. The molecule has 1 amide bonds. The van der Waals surface area contributed by atoms with E-state index in [1.54, 1.807) is 18.4 Å². The molecule has 0 saturated carbocycles. The van der Waals surface area contributed by atoms with Gasteiger partial charge in [0.2, 0.25) is 5.91 Å². The van der Waals surface area contributed by atoms with Gasteiger partial charge in [-0.25, -0.2) is 4.98 Å². The van der Waals surface area contributed by atoms with Gasteiger partial charge in [0.1, 0.15) is 5.75 Å². The van der Waals surface area contributed by atoms with Crippen LogP contribution in [0, 0.1) is 0 Å². The third-order valence-electron chi connectivity index (χ3n) is 5.25. The lowest BCUT2D eigenvalue weighted by molar-refractivity contribution is -0.116. The molecule has 9 heteroatoms. The van der Waals surface area contributed by atoms with E-state index in [1.165, 1.54) is 11.8 Å². The first-order valence-electron chi connectivity index (χ1n) is 10.6. The molecule has 6 nitrogen and oxygen atoms in total. The van der Waals surface area contributed by atoms with E-state index >= 15 is 0 Å². The van der Waals surface area contributed by atoms with E-state index in [-0.39, 0.29) is 5.91 Å². The van der Waals surface area contributed by atoms with Gasteiger partial charge in [-0.15, -0.1) is 11.8 Å². The molecule has 1 aliphatic heterocycles. The molecule has 0 radical (unpaired) electrons. The van der Waals surface area contributed by atoms with Crippen LogP contribution in [0.3, 0.4) is 0 Å². The Morgan fingerprint density at radius 3 is 2.78 bits per heavy atom. The van der Waals surface area contributed by atoms with E-state index in [1.807, 2.05) is 41.3 Å². The number of anilines is 1. The van der Waals surface area contributed by atoms with Crippen molar-refractivity contribution in [3.05, 3.63) is 46.9 Å². The summed E-state index contributed by atoms with van der Waals surface area (Å²) in [5.41, 5.74) is 0.919. The molecule has 3 aromatic rings. The highest BCUT2D eigenvalue weighted by Gasteiger charge is 2.21. The number of ether oxygens (including phenoxy) is 2. The fourth-order valence-electron chi connectivity index (χ4n) is 3.50. The van der Waals surface area contributed by atoms with Crippen molar-refractivity contribution < 1.29 is 14.3 Å². The van der Waals surface area contributed by atoms with Crippen molar-refractivity contribution in [2.24, 2.45) is 0 Å². The minimum absolute atomic E-state index is 0.0749. The van der Waals surface area contributed by atoms with Crippen LogP contribution in [-0.2, 0) is 9.53 Å². The molecule has 1 aromatic heterocycles. The number of methoxy groups -OCH3 is 1. The van der Waals surface area contributed by atoms with Gasteiger partial charge in [-0.3, -0.25) is 14.6 Å². The second kappa shape index (κ2) is 11.5. The molecule has 4 rings (SSSR count). The number of carbonyl (C=O) groups excluding carboxylic acids is 1. The summed E-state index contributed by atoms with van der Waals surface area (Å²) >= 11 is 6.63. The molecule has 1 aliphatic rings. The molecule has 0 atom stereocenters. The lowest BCUT2D eigenvalue weighted by Crippen LogP contribution is -2.39. The number of carbonyl (C=O) groups is 1. The van der Waals surface area contributed by atoms with Crippen LogP contribution in [-0.4, -0.2) is 68.0 Å². The predicted molar refractivity (Wildman–Crippen MR) is 135 cm³/mol. The Hall–Kier alpha value is -1.65. The van der Waals surface area contributed by atoms with Crippen LogP contribution in [0.15, 0.2) is 51.8 Å². The van der Waals surface area contributed by atoms with Crippen molar-refractivity contribution in [3.8, 4) is 5.75 Å². The van der Waals surface area contributed by atoms with Crippen LogP contribution in [0.5, 0.6) is 5.75 Å². The SMILES string of the molecule is COc1ccc(SCC(=O)N(CCCN2CCOCC2)c2nc3ccc(Br)cc3s2)cc1. The number of aromatic nitrogens is 1. The summed E-state index contributed by atoms with van der Waals surface area (Å²) in [5, 5.41) is 0.764. The Kier molecular flexibility index (Phi) is 8.43. The summed E-state index contributed by atoms with van der Waals surface area (Å²) in [5.74, 6) is 1.25. The number of nitrogens with zero attached hydrogens (tertiary/aromatic N) is 3. The lowest BCUT2D eigenvalue weighted by Gasteiger charge is -2.27. The molecule has 170 valence electrons. The van der Waals surface area contributed by atoms with E-state index in [2.05, 4.69) is 26.9 Å². The zero-order chi connectivity index (χ0) is 22.3. The predicted octanol–water partition coefficient (Wildman–Crippen LogP) is 4.92. The van der Waals surface area contributed by atoms with Crippen molar-refractivity contribution in [1.82, 2.24) is 9.88 Å². The Morgan fingerprint density at radius 1 is 1.25 bits per heavy atom. The number of amides is 1. The summed E-state index contributed by atoms with van der Waals surface area (Å²) < 4.78 is 12.7. The summed E-state index contributed by atoms with van der Waals surface area (Å²) in [4.78, 5) is 23.3. The molecule has 2 aromatic carbocycles. The van der Waals surface area contributed by atoms with E-state index < -0.39 is 0 Å². The fraction of sp³-hybridized carbons (Fsp3) is 0.391. The zero-order valence-electron chi connectivity index (χ0n) is 18.0. The first-order valence-corrected chi connectivity index (χ1v) is 13.2. The third-order valence-corrected chi connectivity index (χ3v) is 7.78. The maximum Gasteiger partial charge on any atom is 0.239 e. The van der Waals surface area contributed by atoms with Gasteiger partial charge in [-0.1, -0.05) is 27.3 Å². The van der Waals surface area contributed by atoms with Gasteiger partial charge in [0, 0.05) is 35.5 Å². The summed E-state index contributed by atoms with van der Waals surface area (Å²) in [6.07, 6.45) is 0.901. The first-order chi connectivity index (χ1) is 15.6. The molecule has 32 heavy (non-hydrogen) atoms. The molecule has 0 spiro atoms. The van der Waals surface area contributed by atoms with Gasteiger partial charge < -0.3 is 9.47 Å². The summed E-state index contributed by atoms with van der Waals surface area (Å²) in [7, 11) is 1.65. The Morgan fingerprint density at radius 2 is 2.03 bits per heavy atom. The number of hydrogen-bond donors (Lipinski definition) is 0. The minimum atomic E-state index is 0.0749. The van der Waals surface area contributed by atoms with Crippen molar-refractivity contribution >= 4 is 60.3 Å². The maximum atomic E-state index is 13.3. The van der Waals surface area contributed by atoms with Gasteiger partial charge in [0.15, 0.2) is 5.13 Å². The number of hydrogen-bond acceptors (Lipinski definition) is 7. The quantitative estimate of drug-likeness (QED) is 0.362. The number of rotatable bonds is 9. The van der Waals surface area contributed by atoms with Crippen molar-refractivity contribution in [1.29, 1.82) is 0 Å². The molecule has 0 aliphatic carbocycles. The number of fused-ring (bicyclic) bond motifs is 1. The summed E-state index contributed by atoms with van der Waals surface area (Å²) in [6, 6.07) is 13.8. The average Bonchev–Trinajstić information content (AvgIpc) is 3.24. The van der Waals surface area contributed by atoms with Crippen molar-refractivity contribution in [3.63, 3.8) is 0 Å². The molecule has 0 N–H and O–H groups in total. The van der Waals surface area contributed by atoms with Crippen LogP contribution < -0.4 is 9.64 Å². The molecule has 1 fully saturated rings. The third kappa shape index (κ3) is 6.23. The Balaban J connectivity index is 1.45. The number of morpholine rings is 1. The largest absolute Gasteiger partial charge is 0.497 e. The average molecular weight is 537 g/mol. The number of benzene rings is 2.